The number of methoxy groups -OCH3 is 1. The summed E-state index contributed by atoms with van der Waals surface area (Å²) >= 11 is 6.89. The number of aryl methyl sites for hydroxylation is 1. The average molecular weight is 731 g/mol. The summed E-state index contributed by atoms with van der Waals surface area (Å²) in [5.74, 6) is 0.325. The van der Waals surface area contributed by atoms with Crippen molar-refractivity contribution in [2.75, 3.05) is 12.4 Å². The van der Waals surface area contributed by atoms with Gasteiger partial charge in [0.25, 0.3) is 12.0 Å². The SMILES string of the molecule is [CH2-][C@H]1CCC(=O)N1.[CH2-]c1ncc(-c2cccc(-c3cccc(Nc4nc(C(F)F)cc5c4c(=O)n(C)c(=O)n5C)c3C)c2Cl)nc1OC.[Mn+2]. The Morgan fingerprint density at radius 2 is 1.73 bits per heavy atom. The number of nitrogens with zero attached hydrogens (tertiary/aromatic N) is 5. The molecule has 0 unspecified atom stereocenters. The Bertz CT molecular complexity index is 2170. The number of ether oxygens (including phenoxy) is 1. The van der Waals surface area contributed by atoms with Crippen molar-refractivity contribution in [2.24, 2.45) is 14.1 Å². The van der Waals surface area contributed by atoms with Gasteiger partial charge in [-0.3, -0.25) is 23.7 Å². The van der Waals surface area contributed by atoms with Gasteiger partial charge in [-0.15, -0.1) is 0 Å². The van der Waals surface area contributed by atoms with Gasteiger partial charge in [-0.05, 0) is 35.9 Å². The van der Waals surface area contributed by atoms with Gasteiger partial charge >= 0.3 is 22.8 Å². The number of alkyl halides is 2. The molecule has 0 bridgehead atoms. The van der Waals surface area contributed by atoms with Crippen molar-refractivity contribution in [1.82, 2.24) is 29.4 Å². The number of fused-ring (bicyclic) bond motifs is 1. The second-order valence-electron chi connectivity index (χ2n) is 11.1. The van der Waals surface area contributed by atoms with Gasteiger partial charge in [-0.1, -0.05) is 54.4 Å². The fourth-order valence-electron chi connectivity index (χ4n) is 5.31. The Kier molecular flexibility index (Phi) is 11.5. The maximum Gasteiger partial charge on any atom is 2.00 e. The zero-order valence-electron chi connectivity index (χ0n) is 27.0. The standard InChI is InChI=1S/C29H24ClF2N6O3.C5H8NO.Mn/c1-14-16(17-9-6-10-18(24(17)30)21-13-33-15(2)27(36-21)41-5)8-7-11-19(14)34-26-23-22(12-20(35-26)25(31)32)37(3)29(40)38(4)28(23)39;1-4-2-3-5(7)6-4;/h6-13,25H,2H2,1,3-5H3,(H,34,35);4H,1-3H2,(H,6,7);/q2*-1;+2/t;4-;/m.0./s1. The summed E-state index contributed by atoms with van der Waals surface area (Å²) in [6.07, 6.45) is 0.196. The van der Waals surface area contributed by atoms with Gasteiger partial charge in [-0.25, -0.2) is 25.5 Å². The molecule has 49 heavy (non-hydrogen) atoms. The monoisotopic (exact) mass is 730 g/mol. The van der Waals surface area contributed by atoms with Crippen LogP contribution in [0, 0.1) is 20.8 Å². The molecule has 1 atom stereocenters. The molecule has 1 fully saturated rings. The maximum absolute atomic E-state index is 13.8. The van der Waals surface area contributed by atoms with Gasteiger partial charge in [-0.2, -0.15) is 0 Å². The third-order valence-electron chi connectivity index (χ3n) is 7.94. The molecule has 1 aliphatic heterocycles. The van der Waals surface area contributed by atoms with Crippen LogP contribution in [0.2, 0.25) is 5.02 Å². The number of amides is 1. The fourth-order valence-corrected chi connectivity index (χ4v) is 5.63. The molecule has 2 N–H and O–H groups in total. The summed E-state index contributed by atoms with van der Waals surface area (Å²) in [4.78, 5) is 48.6. The van der Waals surface area contributed by atoms with E-state index in [0.717, 1.165) is 27.2 Å². The molecular weight excluding hydrogens is 699 g/mol. The number of halogens is 3. The van der Waals surface area contributed by atoms with Crippen molar-refractivity contribution >= 4 is 39.9 Å². The predicted molar refractivity (Wildman–Crippen MR) is 181 cm³/mol. The second-order valence-corrected chi connectivity index (χ2v) is 11.5. The number of carbonyl (C=O) groups is 1. The van der Waals surface area contributed by atoms with Crippen LogP contribution in [-0.4, -0.2) is 43.1 Å². The van der Waals surface area contributed by atoms with E-state index in [1.807, 2.05) is 25.1 Å². The van der Waals surface area contributed by atoms with E-state index in [1.54, 1.807) is 24.4 Å². The number of hydrogen-bond donors (Lipinski definition) is 2. The zero-order chi connectivity index (χ0) is 34.9. The first-order valence-corrected chi connectivity index (χ1v) is 15.1. The molecule has 0 aliphatic carbocycles. The van der Waals surface area contributed by atoms with E-state index in [9.17, 15) is 23.2 Å². The van der Waals surface area contributed by atoms with Crippen LogP contribution in [0.3, 0.4) is 0 Å². The van der Waals surface area contributed by atoms with E-state index < -0.39 is 23.4 Å². The summed E-state index contributed by atoms with van der Waals surface area (Å²) in [5.41, 5.74) is 2.32. The Balaban J connectivity index is 0.000000602. The van der Waals surface area contributed by atoms with Crippen molar-refractivity contribution < 1.29 is 35.4 Å². The first-order valence-electron chi connectivity index (χ1n) is 14.7. The topological polar surface area (TPSA) is 133 Å². The van der Waals surface area contributed by atoms with Gasteiger partial charge in [0.1, 0.15) is 16.9 Å². The molecule has 1 aliphatic rings. The van der Waals surface area contributed by atoms with Crippen molar-refractivity contribution in [3.05, 3.63) is 105 Å². The van der Waals surface area contributed by atoms with E-state index >= 15 is 0 Å². The number of anilines is 2. The molecule has 255 valence electrons. The number of aromatic nitrogens is 5. The molecule has 15 heteroatoms. The van der Waals surface area contributed by atoms with Crippen LogP contribution < -0.4 is 26.6 Å². The number of carbonyl (C=O) groups excluding carboxylic acids is 1. The first kappa shape index (κ1) is 37.0. The molecule has 1 radical (unpaired) electrons. The Hall–Kier alpha value is -4.78. The van der Waals surface area contributed by atoms with E-state index in [4.69, 9.17) is 16.3 Å². The van der Waals surface area contributed by atoms with Crippen LogP contribution in [0.15, 0.2) is 58.3 Å². The van der Waals surface area contributed by atoms with Crippen molar-refractivity contribution in [1.29, 1.82) is 0 Å². The smallest absolute Gasteiger partial charge is 0.563 e. The van der Waals surface area contributed by atoms with Crippen molar-refractivity contribution in [2.45, 2.75) is 32.2 Å². The summed E-state index contributed by atoms with van der Waals surface area (Å²) in [7, 11) is 4.21. The number of nitrogens with one attached hydrogen (secondary N) is 2. The molecule has 0 saturated carbocycles. The summed E-state index contributed by atoms with van der Waals surface area (Å²) in [5, 5.41) is 6.14. The molecule has 0 spiro atoms. The third kappa shape index (κ3) is 7.46. The van der Waals surface area contributed by atoms with Crippen LogP contribution in [0.25, 0.3) is 33.3 Å². The number of benzene rings is 2. The van der Waals surface area contributed by atoms with Crippen molar-refractivity contribution in [3.8, 4) is 28.3 Å². The minimum atomic E-state index is -2.92. The normalized spacial score (nSPS) is 13.8. The van der Waals surface area contributed by atoms with Gasteiger partial charge in [0.15, 0.2) is 0 Å². The summed E-state index contributed by atoms with van der Waals surface area (Å²) < 4.78 is 34.9. The summed E-state index contributed by atoms with van der Waals surface area (Å²) in [6.45, 7) is 9.28. The van der Waals surface area contributed by atoms with Crippen LogP contribution in [0.1, 0.15) is 36.2 Å². The zero-order valence-corrected chi connectivity index (χ0v) is 28.9. The maximum atomic E-state index is 13.8. The Morgan fingerprint density at radius 1 is 1.06 bits per heavy atom. The Labute approximate surface area is 296 Å². The van der Waals surface area contributed by atoms with Gasteiger partial charge in [0.05, 0.1) is 29.2 Å². The van der Waals surface area contributed by atoms with Gasteiger partial charge < -0.3 is 27.3 Å². The third-order valence-corrected chi connectivity index (χ3v) is 8.34. The molecule has 2 aromatic carbocycles. The molecule has 4 heterocycles. The first-order chi connectivity index (χ1) is 22.8. The Morgan fingerprint density at radius 3 is 2.35 bits per heavy atom. The fraction of sp³-hybridized carbons (Fsp3) is 0.235. The van der Waals surface area contributed by atoms with Gasteiger partial charge in [0, 0.05) is 43.5 Å². The molecule has 1 saturated heterocycles. The number of hydrogen-bond acceptors (Lipinski definition) is 8. The van der Waals surface area contributed by atoms with Crippen LogP contribution in [-0.2, 0) is 36.0 Å². The molecular formula is C34H32ClF2MnN7O4. The predicted octanol–water partition coefficient (Wildman–Crippen LogP) is 5.69. The minimum absolute atomic E-state index is 0. The molecule has 3 aromatic heterocycles. The van der Waals surface area contributed by atoms with E-state index in [0.29, 0.717) is 45.2 Å². The minimum Gasteiger partial charge on any atom is -0.563 e. The molecule has 1 amide bonds. The van der Waals surface area contributed by atoms with Crippen molar-refractivity contribution in [3.63, 3.8) is 0 Å². The largest absolute Gasteiger partial charge is 2.00 e. The van der Waals surface area contributed by atoms with Gasteiger partial charge in [0.2, 0.25) is 5.91 Å². The molecule has 6 rings (SSSR count). The number of pyridine rings is 1. The quantitative estimate of drug-likeness (QED) is 0.168. The molecule has 5 aromatic rings. The summed E-state index contributed by atoms with van der Waals surface area (Å²) in [6, 6.07) is 12.1. The van der Waals surface area contributed by atoms with Crippen LogP contribution in [0.5, 0.6) is 5.88 Å². The number of rotatable bonds is 6. The van der Waals surface area contributed by atoms with E-state index in [2.05, 4.69) is 39.4 Å². The average Bonchev–Trinajstić information content (AvgIpc) is 3.46. The second kappa shape index (κ2) is 15.2. The van der Waals surface area contributed by atoms with E-state index in [-0.39, 0.29) is 51.6 Å². The molecule has 11 nitrogen and oxygen atoms in total. The van der Waals surface area contributed by atoms with Crippen LogP contribution in [0.4, 0.5) is 20.3 Å². The van der Waals surface area contributed by atoms with E-state index in [1.165, 1.54) is 21.2 Å². The van der Waals surface area contributed by atoms with Crippen LogP contribution >= 0.6 is 11.6 Å².